The van der Waals surface area contributed by atoms with Gasteiger partial charge in [0.25, 0.3) is 0 Å². The van der Waals surface area contributed by atoms with Gasteiger partial charge in [0, 0.05) is 58.7 Å². The fraction of sp³-hybridized carbons (Fsp3) is 0.481. The summed E-state index contributed by atoms with van der Waals surface area (Å²) in [5, 5.41) is 2.81. The first-order valence-corrected chi connectivity index (χ1v) is 12.8. The number of nitrogens with zero attached hydrogens (tertiary/aromatic N) is 3. The van der Waals surface area contributed by atoms with Crippen LogP contribution in [0.15, 0.2) is 48.5 Å². The predicted molar refractivity (Wildman–Crippen MR) is 132 cm³/mol. The Labute approximate surface area is 219 Å². The fourth-order valence-corrected chi connectivity index (χ4v) is 5.58. The van der Waals surface area contributed by atoms with Gasteiger partial charge in [-0.15, -0.1) is 0 Å². The third-order valence-corrected chi connectivity index (χ3v) is 7.69. The maximum atomic E-state index is 13.6. The van der Waals surface area contributed by atoms with Crippen molar-refractivity contribution in [3.63, 3.8) is 0 Å². The highest BCUT2D eigenvalue weighted by molar-refractivity contribution is 5.76. The molecule has 1 N–H and O–H groups in total. The van der Waals surface area contributed by atoms with Gasteiger partial charge >= 0.3 is 18.7 Å². The number of halogens is 3. The summed E-state index contributed by atoms with van der Waals surface area (Å²) < 4.78 is 49.1. The predicted octanol–water partition coefficient (Wildman–Crippen LogP) is 3.85. The van der Waals surface area contributed by atoms with E-state index >= 15 is 0 Å². The molecule has 3 aliphatic rings. The van der Waals surface area contributed by atoms with Crippen molar-refractivity contribution in [3.8, 4) is 5.75 Å². The van der Waals surface area contributed by atoms with Crippen LogP contribution in [0.5, 0.6) is 5.75 Å². The Morgan fingerprint density at radius 1 is 0.974 bits per heavy atom. The minimum Gasteiger partial charge on any atom is -0.440 e. The summed E-state index contributed by atoms with van der Waals surface area (Å²) in [5.74, 6) is -0.281. The average molecular weight is 533 g/mol. The number of rotatable bonds is 9. The maximum Gasteiger partial charge on any atom is 0.411 e. The molecule has 38 heavy (non-hydrogen) atoms. The van der Waals surface area contributed by atoms with Crippen LogP contribution in [-0.2, 0) is 17.7 Å². The Morgan fingerprint density at radius 2 is 1.66 bits per heavy atom. The van der Waals surface area contributed by atoms with Gasteiger partial charge in [-0.2, -0.15) is 8.78 Å². The molecule has 11 heteroatoms. The van der Waals surface area contributed by atoms with Gasteiger partial charge < -0.3 is 24.6 Å². The number of carbonyl (C=O) groups excluding carboxylic acids is 2. The molecule has 8 nitrogen and oxygen atoms in total. The molecule has 3 saturated heterocycles. The molecule has 3 fully saturated rings. The first-order valence-electron chi connectivity index (χ1n) is 12.8. The van der Waals surface area contributed by atoms with E-state index < -0.39 is 18.3 Å². The average Bonchev–Trinajstić information content (AvgIpc) is 3.41. The van der Waals surface area contributed by atoms with Gasteiger partial charge in [-0.05, 0) is 41.8 Å². The van der Waals surface area contributed by atoms with Crippen LogP contribution in [0.3, 0.4) is 0 Å². The van der Waals surface area contributed by atoms with Crippen molar-refractivity contribution in [1.29, 1.82) is 0 Å². The third-order valence-electron chi connectivity index (χ3n) is 7.69. The molecule has 3 aliphatic heterocycles. The van der Waals surface area contributed by atoms with Gasteiger partial charge in [-0.25, -0.2) is 14.0 Å². The molecule has 0 radical (unpaired) electrons. The van der Waals surface area contributed by atoms with Gasteiger partial charge in [-0.3, -0.25) is 4.90 Å². The second-order valence-corrected chi connectivity index (χ2v) is 9.99. The Hall–Kier alpha value is -3.47. The number of hydrogen-bond acceptors (Lipinski definition) is 5. The Bertz CT molecular complexity index is 1120. The zero-order valence-electron chi connectivity index (χ0n) is 21.0. The number of likely N-dealkylation sites (tertiary alicyclic amines) is 1. The van der Waals surface area contributed by atoms with E-state index in [2.05, 4.69) is 15.0 Å². The second-order valence-electron chi connectivity index (χ2n) is 9.99. The van der Waals surface area contributed by atoms with Crippen LogP contribution in [0.1, 0.15) is 24.0 Å². The maximum absolute atomic E-state index is 13.6. The summed E-state index contributed by atoms with van der Waals surface area (Å²) in [6.45, 7) is 1.54. The molecule has 1 unspecified atom stereocenters. The first kappa shape index (κ1) is 26.1. The van der Waals surface area contributed by atoms with Crippen molar-refractivity contribution in [2.45, 2.75) is 44.1 Å². The van der Waals surface area contributed by atoms with Crippen molar-refractivity contribution >= 4 is 12.1 Å². The number of urea groups is 1. The molecule has 2 aromatic carbocycles. The lowest BCUT2D eigenvalue weighted by molar-refractivity contribution is -0.0498. The lowest BCUT2D eigenvalue weighted by Gasteiger charge is -2.42. The van der Waals surface area contributed by atoms with Crippen molar-refractivity contribution in [2.24, 2.45) is 0 Å². The standard InChI is InChI=1S/C27H31F3N4O4/c28-21-5-1-19(2-6-21)17-23-27(9-12-32(13-10-27)15-16-33-14-11-31-25(33)35)38-26(36)34(23)18-20-3-7-22(8-4-20)37-24(29)30/h1-8,23-24H,9-18H2,(H,31,35). The third kappa shape index (κ3) is 5.82. The van der Waals surface area contributed by atoms with Crippen molar-refractivity contribution in [2.75, 3.05) is 39.3 Å². The molecule has 0 aromatic heterocycles. The van der Waals surface area contributed by atoms with E-state index in [1.54, 1.807) is 34.1 Å². The molecule has 3 heterocycles. The summed E-state index contributed by atoms with van der Waals surface area (Å²) >= 11 is 0. The van der Waals surface area contributed by atoms with Gasteiger partial charge in [0.2, 0.25) is 0 Å². The van der Waals surface area contributed by atoms with Crippen LogP contribution in [0.25, 0.3) is 0 Å². The van der Waals surface area contributed by atoms with Crippen LogP contribution < -0.4 is 10.1 Å². The lowest BCUT2D eigenvalue weighted by atomic mass is 9.81. The number of ether oxygens (including phenoxy) is 2. The van der Waals surface area contributed by atoms with E-state index in [1.165, 1.54) is 24.3 Å². The fourth-order valence-electron chi connectivity index (χ4n) is 5.58. The second kappa shape index (κ2) is 11.1. The Balaban J connectivity index is 1.30. The quantitative estimate of drug-likeness (QED) is 0.531. The molecule has 204 valence electrons. The highest BCUT2D eigenvalue weighted by atomic mass is 19.3. The molecule has 3 amide bonds. The number of piperidine rings is 1. The van der Waals surface area contributed by atoms with Gasteiger partial charge in [0.1, 0.15) is 17.2 Å². The summed E-state index contributed by atoms with van der Waals surface area (Å²) in [4.78, 5) is 30.8. The first-order chi connectivity index (χ1) is 18.3. The van der Waals surface area contributed by atoms with E-state index in [0.717, 1.165) is 30.8 Å². The number of carbonyl (C=O) groups is 2. The summed E-state index contributed by atoms with van der Waals surface area (Å²) in [6, 6.07) is 12.1. The largest absolute Gasteiger partial charge is 0.440 e. The Kier molecular flexibility index (Phi) is 7.64. The zero-order chi connectivity index (χ0) is 26.7. The summed E-state index contributed by atoms with van der Waals surface area (Å²) in [7, 11) is 0. The summed E-state index contributed by atoms with van der Waals surface area (Å²) in [5.41, 5.74) is 0.944. The topological polar surface area (TPSA) is 74.4 Å². The van der Waals surface area contributed by atoms with E-state index in [1.807, 2.05) is 0 Å². The summed E-state index contributed by atoms with van der Waals surface area (Å²) in [6.07, 6.45) is 1.34. The van der Waals surface area contributed by atoms with Crippen molar-refractivity contribution in [3.05, 3.63) is 65.5 Å². The van der Waals surface area contributed by atoms with Crippen LogP contribution in [-0.4, -0.2) is 84.3 Å². The molecule has 2 aromatic rings. The highest BCUT2D eigenvalue weighted by Crippen LogP contribution is 2.41. The van der Waals surface area contributed by atoms with Gasteiger partial charge in [-0.1, -0.05) is 24.3 Å². The number of alkyl halides is 2. The molecule has 0 saturated carbocycles. The van der Waals surface area contributed by atoms with Gasteiger partial charge in [0.15, 0.2) is 0 Å². The number of benzene rings is 2. The van der Waals surface area contributed by atoms with E-state index in [-0.39, 0.29) is 30.2 Å². The number of amides is 3. The van der Waals surface area contributed by atoms with E-state index in [4.69, 9.17) is 4.74 Å². The molecule has 1 spiro atoms. The minimum absolute atomic E-state index is 0.0352. The van der Waals surface area contributed by atoms with Crippen LogP contribution >= 0.6 is 0 Å². The Morgan fingerprint density at radius 3 is 2.29 bits per heavy atom. The van der Waals surface area contributed by atoms with Crippen LogP contribution in [0.4, 0.5) is 22.8 Å². The monoisotopic (exact) mass is 532 g/mol. The molecular weight excluding hydrogens is 501 g/mol. The normalized spacial score (nSPS) is 21.3. The van der Waals surface area contributed by atoms with Crippen LogP contribution in [0, 0.1) is 5.82 Å². The van der Waals surface area contributed by atoms with Crippen molar-refractivity contribution in [1.82, 2.24) is 20.0 Å². The van der Waals surface area contributed by atoms with Crippen LogP contribution in [0.2, 0.25) is 0 Å². The number of hydrogen-bond donors (Lipinski definition) is 1. The molecule has 0 aliphatic carbocycles. The minimum atomic E-state index is -2.91. The van der Waals surface area contributed by atoms with Gasteiger partial charge in [0.05, 0.1) is 6.04 Å². The molecular formula is C27H31F3N4O4. The number of nitrogens with one attached hydrogen (secondary N) is 1. The molecule has 5 rings (SSSR count). The lowest BCUT2D eigenvalue weighted by Crippen LogP contribution is -2.54. The molecule has 1 atom stereocenters. The molecule has 0 bridgehead atoms. The highest BCUT2D eigenvalue weighted by Gasteiger charge is 2.54. The van der Waals surface area contributed by atoms with Crippen molar-refractivity contribution < 1.29 is 32.2 Å². The zero-order valence-corrected chi connectivity index (χ0v) is 21.0. The van der Waals surface area contributed by atoms with E-state index in [9.17, 15) is 22.8 Å². The van der Waals surface area contributed by atoms with E-state index in [0.29, 0.717) is 38.9 Å². The SMILES string of the molecule is O=C1NCCN1CCN1CCC2(CC1)OC(=O)N(Cc1ccc(OC(F)F)cc1)C2Cc1ccc(F)cc1. The smallest absolute Gasteiger partial charge is 0.411 e.